The summed E-state index contributed by atoms with van der Waals surface area (Å²) < 4.78 is 12.7. The molecule has 0 aliphatic rings. The van der Waals surface area contributed by atoms with Gasteiger partial charge in [0.05, 0.1) is 12.6 Å². The molecule has 0 radical (unpaired) electrons. The van der Waals surface area contributed by atoms with Crippen molar-refractivity contribution in [3.63, 3.8) is 0 Å². The first-order chi connectivity index (χ1) is 10.2. The predicted molar refractivity (Wildman–Crippen MR) is 82.3 cm³/mol. The van der Waals surface area contributed by atoms with Gasteiger partial charge < -0.3 is 9.47 Å². The molecule has 3 aromatic rings. The average molecular weight is 303 g/mol. The first-order valence-electron chi connectivity index (χ1n) is 6.57. The lowest BCUT2D eigenvalue weighted by Gasteiger charge is -2.06. The van der Waals surface area contributed by atoms with Crippen molar-refractivity contribution in [3.8, 4) is 11.5 Å². The summed E-state index contributed by atoms with van der Waals surface area (Å²) in [6.45, 7) is 2.40. The summed E-state index contributed by atoms with van der Waals surface area (Å²) in [5.74, 6) is 1.56. The Morgan fingerprint density at radius 3 is 2.57 bits per heavy atom. The van der Waals surface area contributed by atoms with Crippen molar-refractivity contribution in [2.45, 2.75) is 13.5 Å². The van der Waals surface area contributed by atoms with Crippen molar-refractivity contribution in [2.24, 2.45) is 0 Å². The molecule has 21 heavy (non-hydrogen) atoms. The van der Waals surface area contributed by atoms with Gasteiger partial charge in [-0.2, -0.15) is 0 Å². The lowest BCUT2D eigenvalue weighted by atomic mass is 10.2. The maximum Gasteiger partial charge on any atom is 0.207 e. The second-order valence-electron chi connectivity index (χ2n) is 4.75. The number of imidazole rings is 1. The number of halogens is 1. The molecule has 2 heterocycles. The Labute approximate surface area is 127 Å². The number of aromatic nitrogens is 2. The molecule has 0 spiro atoms. The van der Waals surface area contributed by atoms with Gasteiger partial charge in [0.25, 0.3) is 0 Å². The third kappa shape index (κ3) is 2.81. The number of nitrogens with zero attached hydrogens (tertiary/aromatic N) is 2. The van der Waals surface area contributed by atoms with Crippen molar-refractivity contribution in [1.82, 2.24) is 9.38 Å². The molecule has 0 bridgehead atoms. The zero-order valence-electron chi connectivity index (χ0n) is 11.8. The molecule has 0 aliphatic heterocycles. The molecule has 5 heteroatoms. The highest BCUT2D eigenvalue weighted by atomic mass is 35.5. The molecule has 108 valence electrons. The van der Waals surface area contributed by atoms with Crippen LogP contribution in [0.25, 0.3) is 5.52 Å². The summed E-state index contributed by atoms with van der Waals surface area (Å²) in [6, 6.07) is 11.5. The van der Waals surface area contributed by atoms with E-state index in [2.05, 4.69) is 4.98 Å². The minimum Gasteiger partial charge on any atom is -0.497 e. The number of hydrogen-bond donors (Lipinski definition) is 0. The Morgan fingerprint density at radius 2 is 1.86 bits per heavy atom. The van der Waals surface area contributed by atoms with E-state index in [1.54, 1.807) is 7.11 Å². The molecular formula is C16H15ClN2O2. The van der Waals surface area contributed by atoms with Gasteiger partial charge in [-0.3, -0.25) is 4.40 Å². The summed E-state index contributed by atoms with van der Waals surface area (Å²) in [6.07, 6.45) is 1.91. The number of rotatable bonds is 4. The minimum absolute atomic E-state index is 0.367. The maximum atomic E-state index is 6.13. The Balaban J connectivity index is 1.82. The van der Waals surface area contributed by atoms with E-state index >= 15 is 0 Å². The number of pyridine rings is 1. The SMILES string of the molecule is COc1ccc(OCc2nc(Cl)n3ccc(C)cc23)cc1. The monoisotopic (exact) mass is 302 g/mol. The fourth-order valence-corrected chi connectivity index (χ4v) is 2.39. The summed E-state index contributed by atoms with van der Waals surface area (Å²) in [5, 5.41) is 0.443. The predicted octanol–water partition coefficient (Wildman–Crippen LogP) is 3.88. The first kappa shape index (κ1) is 13.8. The van der Waals surface area contributed by atoms with E-state index in [9.17, 15) is 0 Å². The van der Waals surface area contributed by atoms with E-state index in [4.69, 9.17) is 21.1 Å². The minimum atomic E-state index is 0.367. The number of fused-ring (bicyclic) bond motifs is 1. The molecule has 1 aromatic carbocycles. The van der Waals surface area contributed by atoms with Gasteiger partial charge in [0, 0.05) is 6.20 Å². The van der Waals surface area contributed by atoms with Crippen LogP contribution in [-0.2, 0) is 6.61 Å². The normalized spacial score (nSPS) is 10.8. The molecule has 2 aromatic heterocycles. The van der Waals surface area contributed by atoms with Crippen molar-refractivity contribution in [2.75, 3.05) is 7.11 Å². The Kier molecular flexibility index (Phi) is 3.71. The van der Waals surface area contributed by atoms with Gasteiger partial charge in [-0.05, 0) is 60.5 Å². The number of ether oxygens (including phenoxy) is 2. The molecule has 0 fully saturated rings. The molecule has 0 saturated heterocycles. The second kappa shape index (κ2) is 5.66. The maximum absolute atomic E-state index is 6.13. The molecule has 4 nitrogen and oxygen atoms in total. The number of benzene rings is 1. The molecule has 3 rings (SSSR count). The van der Waals surface area contributed by atoms with E-state index in [-0.39, 0.29) is 0 Å². The molecule has 0 aliphatic carbocycles. The van der Waals surface area contributed by atoms with Crippen LogP contribution in [-0.4, -0.2) is 16.5 Å². The topological polar surface area (TPSA) is 35.8 Å². The zero-order valence-corrected chi connectivity index (χ0v) is 12.6. The molecule has 0 amide bonds. The summed E-state index contributed by atoms with van der Waals surface area (Å²) in [5.41, 5.74) is 2.94. The lowest BCUT2D eigenvalue weighted by Crippen LogP contribution is -1.97. The van der Waals surface area contributed by atoms with Gasteiger partial charge in [-0.15, -0.1) is 0 Å². The highest BCUT2D eigenvalue weighted by Gasteiger charge is 2.10. The van der Waals surface area contributed by atoms with Crippen LogP contribution in [0.3, 0.4) is 0 Å². The van der Waals surface area contributed by atoms with Crippen LogP contribution < -0.4 is 9.47 Å². The van der Waals surface area contributed by atoms with Gasteiger partial charge >= 0.3 is 0 Å². The smallest absolute Gasteiger partial charge is 0.207 e. The molecule has 0 N–H and O–H groups in total. The van der Waals surface area contributed by atoms with Crippen LogP contribution in [0.5, 0.6) is 11.5 Å². The van der Waals surface area contributed by atoms with E-state index < -0.39 is 0 Å². The largest absolute Gasteiger partial charge is 0.497 e. The van der Waals surface area contributed by atoms with E-state index in [1.165, 1.54) is 0 Å². The van der Waals surface area contributed by atoms with E-state index in [0.717, 1.165) is 28.3 Å². The van der Waals surface area contributed by atoms with Crippen molar-refractivity contribution in [1.29, 1.82) is 0 Å². The van der Waals surface area contributed by atoms with Crippen molar-refractivity contribution in [3.05, 3.63) is 59.1 Å². The first-order valence-corrected chi connectivity index (χ1v) is 6.95. The summed E-state index contributed by atoms with van der Waals surface area (Å²) in [4.78, 5) is 4.36. The number of methoxy groups -OCH3 is 1. The van der Waals surface area contributed by atoms with Gasteiger partial charge in [-0.1, -0.05) is 0 Å². The quantitative estimate of drug-likeness (QED) is 0.733. The van der Waals surface area contributed by atoms with Gasteiger partial charge in [-0.25, -0.2) is 4.98 Å². The van der Waals surface area contributed by atoms with Crippen molar-refractivity contribution >= 4 is 17.1 Å². The standard InChI is InChI=1S/C16H15ClN2O2/c1-11-7-8-19-15(9-11)14(18-16(19)17)10-21-13-5-3-12(20-2)4-6-13/h3-9H,10H2,1-2H3. The van der Waals surface area contributed by atoms with Crippen LogP contribution in [0.1, 0.15) is 11.3 Å². The van der Waals surface area contributed by atoms with Crippen molar-refractivity contribution < 1.29 is 9.47 Å². The molecule has 0 unspecified atom stereocenters. The Bertz CT molecular complexity index is 766. The Morgan fingerprint density at radius 1 is 1.14 bits per heavy atom. The average Bonchev–Trinajstić information content (AvgIpc) is 2.81. The third-order valence-corrected chi connectivity index (χ3v) is 3.53. The summed E-state index contributed by atoms with van der Waals surface area (Å²) in [7, 11) is 1.64. The molecular weight excluding hydrogens is 288 g/mol. The van der Waals surface area contributed by atoms with Crippen LogP contribution in [0.4, 0.5) is 0 Å². The Hall–Kier alpha value is -2.20. The highest BCUT2D eigenvalue weighted by Crippen LogP contribution is 2.22. The molecule has 0 saturated carbocycles. The van der Waals surface area contributed by atoms with E-state index in [0.29, 0.717) is 11.9 Å². The lowest BCUT2D eigenvalue weighted by molar-refractivity contribution is 0.302. The summed E-state index contributed by atoms with van der Waals surface area (Å²) >= 11 is 6.13. The van der Waals surface area contributed by atoms with Gasteiger partial charge in [0.15, 0.2) is 0 Å². The second-order valence-corrected chi connectivity index (χ2v) is 5.09. The third-order valence-electron chi connectivity index (χ3n) is 3.27. The van der Waals surface area contributed by atoms with Gasteiger partial charge in [0.1, 0.15) is 23.8 Å². The van der Waals surface area contributed by atoms with Crippen LogP contribution in [0.2, 0.25) is 5.28 Å². The van der Waals surface area contributed by atoms with Gasteiger partial charge in [0.2, 0.25) is 5.28 Å². The fourth-order valence-electron chi connectivity index (χ4n) is 2.14. The van der Waals surface area contributed by atoms with Crippen LogP contribution >= 0.6 is 11.6 Å². The fraction of sp³-hybridized carbons (Fsp3) is 0.188. The number of aryl methyl sites for hydroxylation is 1. The van der Waals surface area contributed by atoms with E-state index in [1.807, 2.05) is 53.9 Å². The van der Waals surface area contributed by atoms with Crippen LogP contribution in [0.15, 0.2) is 42.6 Å². The molecule has 0 atom stereocenters. The highest BCUT2D eigenvalue weighted by molar-refractivity contribution is 6.28. The van der Waals surface area contributed by atoms with Crippen LogP contribution in [0, 0.1) is 6.92 Å². The number of hydrogen-bond acceptors (Lipinski definition) is 3. The zero-order chi connectivity index (χ0) is 14.8.